The predicted molar refractivity (Wildman–Crippen MR) is 135 cm³/mol. The van der Waals surface area contributed by atoms with E-state index >= 15 is 0 Å². The van der Waals surface area contributed by atoms with E-state index in [1.165, 1.54) is 30.7 Å². The molecule has 1 unspecified atom stereocenters. The smallest absolute Gasteiger partial charge is 0.265 e. The number of pyridine rings is 1. The third kappa shape index (κ3) is 5.57. The molecule has 1 atom stereocenters. The molecule has 1 fully saturated rings. The zero-order valence-electron chi connectivity index (χ0n) is 20.1. The van der Waals surface area contributed by atoms with Crippen LogP contribution in [0.1, 0.15) is 31.0 Å². The molecule has 1 saturated heterocycles. The summed E-state index contributed by atoms with van der Waals surface area (Å²) in [6.45, 7) is 7.18. The van der Waals surface area contributed by atoms with Crippen molar-refractivity contribution in [3.05, 3.63) is 47.7 Å². The minimum Gasteiger partial charge on any atom is -0.495 e. The molecule has 2 aromatic heterocycles. The van der Waals surface area contributed by atoms with Gasteiger partial charge in [0.05, 0.1) is 29.6 Å². The lowest BCUT2D eigenvalue weighted by atomic mass is 9.93. The summed E-state index contributed by atoms with van der Waals surface area (Å²) in [6, 6.07) is 5.16. The van der Waals surface area contributed by atoms with Gasteiger partial charge in [0.2, 0.25) is 0 Å². The maximum Gasteiger partial charge on any atom is 0.265 e. The van der Waals surface area contributed by atoms with Crippen LogP contribution in [0.5, 0.6) is 5.75 Å². The Bertz CT molecular complexity index is 1290. The van der Waals surface area contributed by atoms with Gasteiger partial charge in [0.25, 0.3) is 10.0 Å². The first kappa shape index (κ1) is 25.3. The Hall–Kier alpha value is -2.76. The van der Waals surface area contributed by atoms with Crippen molar-refractivity contribution in [2.45, 2.75) is 44.6 Å². The summed E-state index contributed by atoms with van der Waals surface area (Å²) in [5.74, 6) is -0.0874. The Morgan fingerprint density at radius 1 is 1.23 bits per heavy atom. The number of aryl methyl sites for hydroxylation is 2. The molecule has 0 radical (unpaired) electrons. The highest BCUT2D eigenvalue weighted by atomic mass is 32.2. The van der Waals surface area contributed by atoms with Crippen LogP contribution in [0.4, 0.5) is 15.2 Å². The zero-order chi connectivity index (χ0) is 25.2. The summed E-state index contributed by atoms with van der Waals surface area (Å²) in [6.07, 6.45) is 4.38. The number of ether oxygens (including phenoxy) is 2. The Morgan fingerprint density at radius 3 is 2.66 bits per heavy atom. The SMILES string of the molecule is COc1ccc(-c2sc(NC(C)C3CCOCC3)nc2C)cc1S(=O)(=O)Nc1c(C)cncc1F. The fourth-order valence-corrected chi connectivity index (χ4v) is 6.53. The third-order valence-electron chi connectivity index (χ3n) is 6.16. The fraction of sp³-hybridized carbons (Fsp3) is 0.417. The van der Waals surface area contributed by atoms with Crippen LogP contribution in [0.2, 0.25) is 0 Å². The largest absolute Gasteiger partial charge is 0.495 e. The van der Waals surface area contributed by atoms with Gasteiger partial charge in [-0.2, -0.15) is 0 Å². The van der Waals surface area contributed by atoms with Gasteiger partial charge in [-0.25, -0.2) is 17.8 Å². The van der Waals surface area contributed by atoms with E-state index in [1.54, 1.807) is 19.1 Å². The number of hydrogen-bond acceptors (Lipinski definition) is 8. The van der Waals surface area contributed by atoms with Crippen LogP contribution in [-0.2, 0) is 14.8 Å². The van der Waals surface area contributed by atoms with E-state index in [0.29, 0.717) is 17.0 Å². The molecule has 1 aliphatic rings. The van der Waals surface area contributed by atoms with Gasteiger partial charge in [0.1, 0.15) is 10.6 Å². The highest BCUT2D eigenvalue weighted by Crippen LogP contribution is 2.38. The van der Waals surface area contributed by atoms with E-state index in [4.69, 9.17) is 9.47 Å². The summed E-state index contributed by atoms with van der Waals surface area (Å²) in [7, 11) is -2.76. The summed E-state index contributed by atoms with van der Waals surface area (Å²) in [5.41, 5.74) is 1.69. The normalized spacial score (nSPS) is 15.6. The van der Waals surface area contributed by atoms with Crippen molar-refractivity contribution >= 4 is 32.2 Å². The molecule has 2 N–H and O–H groups in total. The number of rotatable bonds is 8. The minimum absolute atomic E-state index is 0.0917. The standard InChI is InChI=1S/C24H29FN4O4S2/c1-14-12-26-13-19(25)22(14)29-35(30,31)21-11-18(5-6-20(21)32-4)23-16(3)28-24(34-23)27-15(2)17-7-9-33-10-8-17/h5-6,11-13,15,17H,7-10H2,1-4H3,(H,26,29)(H,27,28). The molecule has 35 heavy (non-hydrogen) atoms. The first-order valence-electron chi connectivity index (χ1n) is 11.3. The molecule has 4 rings (SSSR count). The zero-order valence-corrected chi connectivity index (χ0v) is 21.7. The van der Waals surface area contributed by atoms with Gasteiger partial charge in [-0.1, -0.05) is 11.3 Å². The van der Waals surface area contributed by atoms with E-state index < -0.39 is 15.8 Å². The maximum atomic E-state index is 14.3. The lowest BCUT2D eigenvalue weighted by Crippen LogP contribution is -2.30. The van der Waals surface area contributed by atoms with Gasteiger partial charge in [-0.3, -0.25) is 9.71 Å². The number of sulfonamides is 1. The molecule has 0 saturated carbocycles. The Labute approximate surface area is 209 Å². The topological polar surface area (TPSA) is 102 Å². The van der Waals surface area contributed by atoms with Crippen molar-refractivity contribution in [1.82, 2.24) is 9.97 Å². The lowest BCUT2D eigenvalue weighted by molar-refractivity contribution is 0.0622. The Morgan fingerprint density at radius 2 is 1.97 bits per heavy atom. The van der Waals surface area contributed by atoms with Crippen molar-refractivity contribution in [1.29, 1.82) is 0 Å². The Kier molecular flexibility index (Phi) is 7.58. The monoisotopic (exact) mass is 520 g/mol. The highest BCUT2D eigenvalue weighted by molar-refractivity contribution is 7.92. The number of nitrogens with zero attached hydrogens (tertiary/aromatic N) is 2. The number of thiazole rings is 1. The molecule has 3 heterocycles. The minimum atomic E-state index is -4.16. The molecule has 188 valence electrons. The van der Waals surface area contributed by atoms with Crippen molar-refractivity contribution in [2.24, 2.45) is 5.92 Å². The van der Waals surface area contributed by atoms with Crippen LogP contribution < -0.4 is 14.8 Å². The Balaban J connectivity index is 1.64. The van der Waals surface area contributed by atoms with Gasteiger partial charge >= 0.3 is 0 Å². The van der Waals surface area contributed by atoms with Gasteiger partial charge in [-0.15, -0.1) is 0 Å². The van der Waals surface area contributed by atoms with Crippen LogP contribution in [-0.4, -0.2) is 44.8 Å². The van der Waals surface area contributed by atoms with E-state index in [-0.39, 0.29) is 22.4 Å². The van der Waals surface area contributed by atoms with Crippen molar-refractivity contribution < 1.29 is 22.3 Å². The fourth-order valence-electron chi connectivity index (χ4n) is 4.13. The summed E-state index contributed by atoms with van der Waals surface area (Å²) in [4.78, 5) is 9.17. The third-order valence-corrected chi connectivity index (χ3v) is 8.67. The average Bonchev–Trinajstić information content (AvgIpc) is 3.21. The van der Waals surface area contributed by atoms with E-state index in [1.807, 2.05) is 6.92 Å². The van der Waals surface area contributed by atoms with Crippen LogP contribution in [0.25, 0.3) is 10.4 Å². The predicted octanol–water partition coefficient (Wildman–Crippen LogP) is 5.00. The van der Waals surface area contributed by atoms with Gasteiger partial charge in [-0.05, 0) is 68.9 Å². The van der Waals surface area contributed by atoms with Crippen molar-refractivity contribution in [3.8, 4) is 16.2 Å². The second kappa shape index (κ2) is 10.5. The lowest BCUT2D eigenvalue weighted by Gasteiger charge is -2.28. The number of methoxy groups -OCH3 is 1. The summed E-state index contributed by atoms with van der Waals surface area (Å²) >= 11 is 1.47. The van der Waals surface area contributed by atoms with Crippen LogP contribution in [0.15, 0.2) is 35.5 Å². The number of anilines is 2. The first-order chi connectivity index (χ1) is 16.7. The van der Waals surface area contributed by atoms with Gasteiger partial charge in [0, 0.05) is 25.5 Å². The number of halogens is 1. The molecule has 11 heteroatoms. The molecule has 3 aromatic rings. The van der Waals surface area contributed by atoms with Crippen molar-refractivity contribution in [3.63, 3.8) is 0 Å². The quantitative estimate of drug-likeness (QED) is 0.431. The second-order valence-corrected chi connectivity index (χ2v) is 11.3. The molecular formula is C24H29FN4O4S2. The summed E-state index contributed by atoms with van der Waals surface area (Å²) in [5, 5.41) is 4.29. The molecule has 0 aliphatic carbocycles. The van der Waals surface area contributed by atoms with E-state index in [0.717, 1.165) is 48.0 Å². The number of aromatic nitrogens is 2. The molecule has 8 nitrogen and oxygen atoms in total. The maximum absolute atomic E-state index is 14.3. The number of benzene rings is 1. The summed E-state index contributed by atoms with van der Waals surface area (Å²) < 4.78 is 53.9. The number of hydrogen-bond donors (Lipinski definition) is 2. The highest BCUT2D eigenvalue weighted by Gasteiger charge is 2.25. The first-order valence-corrected chi connectivity index (χ1v) is 13.6. The number of nitrogens with one attached hydrogen (secondary N) is 2. The molecule has 0 spiro atoms. The van der Waals surface area contributed by atoms with E-state index in [2.05, 4.69) is 26.9 Å². The average molecular weight is 521 g/mol. The van der Waals surface area contributed by atoms with Crippen molar-refractivity contribution in [2.75, 3.05) is 30.4 Å². The molecule has 0 bridgehead atoms. The van der Waals surface area contributed by atoms with Crippen LogP contribution >= 0.6 is 11.3 Å². The van der Waals surface area contributed by atoms with Crippen LogP contribution in [0, 0.1) is 25.6 Å². The molecule has 0 amide bonds. The van der Waals surface area contributed by atoms with Gasteiger partial charge in [0.15, 0.2) is 10.9 Å². The molecular weight excluding hydrogens is 491 g/mol. The van der Waals surface area contributed by atoms with Crippen LogP contribution in [0.3, 0.4) is 0 Å². The second-order valence-electron chi connectivity index (χ2n) is 8.60. The van der Waals surface area contributed by atoms with E-state index in [9.17, 15) is 12.8 Å². The molecule has 1 aromatic carbocycles. The molecule has 1 aliphatic heterocycles. The van der Waals surface area contributed by atoms with Gasteiger partial charge < -0.3 is 14.8 Å².